The average molecular weight is 564 g/mol. The van der Waals surface area contributed by atoms with E-state index < -0.39 is 57.7 Å². The van der Waals surface area contributed by atoms with E-state index in [1.165, 1.54) is 0 Å². The number of aryl methyl sites for hydroxylation is 1. The largest absolute Gasteiger partial charge is 0.523 e. The second-order valence-corrected chi connectivity index (χ2v) is 9.53. The molecule has 0 radical (unpaired) electrons. The Morgan fingerprint density at radius 2 is 1.03 bits per heavy atom. The van der Waals surface area contributed by atoms with E-state index in [1.807, 2.05) is 0 Å². The Morgan fingerprint density at radius 1 is 0.629 bits per heavy atom. The Hall–Kier alpha value is -1.86. The molecule has 0 heterocycles. The van der Waals surface area contributed by atoms with Crippen LogP contribution < -0.4 is 9.47 Å². The molecule has 0 fully saturated rings. The maximum absolute atomic E-state index is 12.1. The van der Waals surface area contributed by atoms with Crippen molar-refractivity contribution in [1.29, 1.82) is 0 Å². The lowest BCUT2D eigenvalue weighted by atomic mass is 10.2. The van der Waals surface area contributed by atoms with Crippen LogP contribution in [0.1, 0.15) is 5.56 Å². The number of hydrogen-bond donors (Lipinski definition) is 0. The normalized spacial score (nSPS) is 13.1. The van der Waals surface area contributed by atoms with Crippen LogP contribution in [0.4, 0.5) is 26.3 Å². The monoisotopic (exact) mass is 564 g/mol. The second kappa shape index (κ2) is 13.4. The van der Waals surface area contributed by atoms with Gasteiger partial charge in [0.1, 0.15) is 13.2 Å². The summed E-state index contributed by atoms with van der Waals surface area (Å²) in [4.78, 5) is 0. The molecule has 0 aliphatic carbocycles. The van der Waals surface area contributed by atoms with Crippen molar-refractivity contribution in [3.63, 3.8) is 0 Å². The summed E-state index contributed by atoms with van der Waals surface area (Å²) < 4.78 is 144. The predicted octanol–water partition coefficient (Wildman–Crippen LogP) is 2.52. The topological polar surface area (TPSA) is 124 Å². The SMILES string of the molecule is Cc1ccc(OCCOCCOS(=O)(=O)C(F)(F)F)c(OCCOCCOS(=O)(=O)C(F)(F)F)c1. The summed E-state index contributed by atoms with van der Waals surface area (Å²) in [5.74, 6) is 0.527. The van der Waals surface area contributed by atoms with Crippen LogP contribution in [0.25, 0.3) is 0 Å². The smallest absolute Gasteiger partial charge is 0.487 e. The van der Waals surface area contributed by atoms with Crippen molar-refractivity contribution in [2.45, 2.75) is 17.9 Å². The molecule has 1 aromatic rings. The maximum atomic E-state index is 12.1. The predicted molar refractivity (Wildman–Crippen MR) is 106 cm³/mol. The number of halogens is 6. The van der Waals surface area contributed by atoms with E-state index in [2.05, 4.69) is 8.37 Å². The van der Waals surface area contributed by atoms with E-state index >= 15 is 0 Å². The summed E-state index contributed by atoms with van der Waals surface area (Å²) in [5, 5.41) is 0. The van der Waals surface area contributed by atoms with Crippen molar-refractivity contribution in [1.82, 2.24) is 0 Å². The molecule has 1 rings (SSSR count). The van der Waals surface area contributed by atoms with Crippen LogP contribution >= 0.6 is 0 Å². The van der Waals surface area contributed by atoms with E-state index in [0.717, 1.165) is 5.56 Å². The van der Waals surface area contributed by atoms with Crippen LogP contribution in [0.3, 0.4) is 0 Å². The van der Waals surface area contributed by atoms with E-state index in [4.69, 9.17) is 18.9 Å². The Bertz CT molecular complexity index is 994. The van der Waals surface area contributed by atoms with Gasteiger partial charge in [-0.15, -0.1) is 0 Å². The van der Waals surface area contributed by atoms with Gasteiger partial charge in [-0.3, -0.25) is 8.37 Å². The molecule has 0 unspecified atom stereocenters. The highest BCUT2D eigenvalue weighted by Crippen LogP contribution is 2.28. The third-order valence-corrected chi connectivity index (χ3v) is 5.66. The molecular formula is C17H22F6O10S2. The molecule has 0 atom stereocenters. The zero-order chi connectivity index (χ0) is 26.8. The van der Waals surface area contributed by atoms with Crippen molar-refractivity contribution in [2.75, 3.05) is 52.9 Å². The van der Waals surface area contributed by atoms with E-state index in [-0.39, 0.29) is 37.9 Å². The molecule has 0 aliphatic heterocycles. The van der Waals surface area contributed by atoms with Crippen LogP contribution in [-0.4, -0.2) is 80.7 Å². The fourth-order valence-electron chi connectivity index (χ4n) is 2.01. The minimum atomic E-state index is -5.69. The third-order valence-electron chi connectivity index (χ3n) is 3.57. The second-order valence-electron chi connectivity index (χ2n) is 6.32. The van der Waals surface area contributed by atoms with E-state index in [0.29, 0.717) is 0 Å². The molecule has 18 heteroatoms. The highest BCUT2D eigenvalue weighted by molar-refractivity contribution is 7.87. The first-order valence-corrected chi connectivity index (χ1v) is 12.3. The third kappa shape index (κ3) is 11.2. The van der Waals surface area contributed by atoms with Crippen molar-refractivity contribution in [2.24, 2.45) is 0 Å². The summed E-state index contributed by atoms with van der Waals surface area (Å²) in [5.41, 5.74) is -10.3. The molecule has 204 valence electrons. The lowest BCUT2D eigenvalue weighted by molar-refractivity contribution is -0.0561. The minimum Gasteiger partial charge on any atom is -0.487 e. The summed E-state index contributed by atoms with van der Waals surface area (Å²) in [6, 6.07) is 4.85. The van der Waals surface area contributed by atoms with Gasteiger partial charge in [-0.05, 0) is 24.6 Å². The molecule has 0 saturated heterocycles. The Morgan fingerprint density at radius 3 is 1.46 bits per heavy atom. The van der Waals surface area contributed by atoms with Crippen molar-refractivity contribution >= 4 is 20.2 Å². The fourth-order valence-corrected chi connectivity index (χ4v) is 2.85. The Balaban J connectivity index is 2.32. The maximum Gasteiger partial charge on any atom is 0.523 e. The number of benzene rings is 1. The van der Waals surface area contributed by atoms with Crippen LogP contribution in [0.5, 0.6) is 11.5 Å². The number of ether oxygens (including phenoxy) is 4. The molecule has 0 spiro atoms. The molecule has 0 amide bonds. The molecular weight excluding hydrogens is 542 g/mol. The molecule has 0 bridgehead atoms. The van der Waals surface area contributed by atoms with Gasteiger partial charge in [-0.2, -0.15) is 43.2 Å². The summed E-state index contributed by atoms with van der Waals surface area (Å²) in [6.07, 6.45) is 0. The van der Waals surface area contributed by atoms with Gasteiger partial charge in [-0.1, -0.05) is 6.07 Å². The summed E-state index contributed by atoms with van der Waals surface area (Å²) >= 11 is 0. The molecule has 1 aromatic carbocycles. The van der Waals surface area contributed by atoms with Crippen LogP contribution in [0.2, 0.25) is 0 Å². The van der Waals surface area contributed by atoms with Gasteiger partial charge < -0.3 is 18.9 Å². The highest BCUT2D eigenvalue weighted by Gasteiger charge is 2.47. The van der Waals surface area contributed by atoms with E-state index in [9.17, 15) is 43.2 Å². The first-order chi connectivity index (χ1) is 16.1. The van der Waals surface area contributed by atoms with Crippen molar-refractivity contribution in [3.8, 4) is 11.5 Å². The van der Waals surface area contributed by atoms with Crippen LogP contribution in [0.15, 0.2) is 18.2 Å². The zero-order valence-corrected chi connectivity index (χ0v) is 19.7. The minimum absolute atomic E-state index is 0.0760. The molecule has 0 saturated carbocycles. The van der Waals surface area contributed by atoms with E-state index in [1.54, 1.807) is 25.1 Å². The van der Waals surface area contributed by atoms with Gasteiger partial charge in [0.2, 0.25) is 0 Å². The quantitative estimate of drug-likeness (QED) is 0.128. The zero-order valence-electron chi connectivity index (χ0n) is 18.1. The fraction of sp³-hybridized carbons (Fsp3) is 0.647. The molecule has 0 aromatic heterocycles. The summed E-state index contributed by atoms with van der Waals surface area (Å²) in [7, 11) is -11.4. The van der Waals surface area contributed by atoms with Crippen LogP contribution in [-0.2, 0) is 38.1 Å². The van der Waals surface area contributed by atoms with Gasteiger partial charge in [0, 0.05) is 0 Å². The van der Waals surface area contributed by atoms with Gasteiger partial charge in [0.05, 0.1) is 39.6 Å². The lowest BCUT2D eigenvalue weighted by Crippen LogP contribution is -2.27. The van der Waals surface area contributed by atoms with Gasteiger partial charge >= 0.3 is 31.3 Å². The van der Waals surface area contributed by atoms with Gasteiger partial charge in [0.25, 0.3) is 0 Å². The summed E-state index contributed by atoms with van der Waals surface area (Å²) in [6.45, 7) is -1.20. The first-order valence-electron chi connectivity index (χ1n) is 9.50. The van der Waals surface area contributed by atoms with Crippen molar-refractivity contribution < 1.29 is 70.5 Å². The average Bonchev–Trinajstić information content (AvgIpc) is 2.71. The Kier molecular flexibility index (Phi) is 12.0. The van der Waals surface area contributed by atoms with Gasteiger partial charge in [-0.25, -0.2) is 0 Å². The molecule has 0 aliphatic rings. The van der Waals surface area contributed by atoms with Gasteiger partial charge in [0.15, 0.2) is 11.5 Å². The van der Waals surface area contributed by atoms with Crippen molar-refractivity contribution in [3.05, 3.63) is 23.8 Å². The first kappa shape index (κ1) is 31.2. The number of hydrogen-bond acceptors (Lipinski definition) is 10. The number of rotatable bonds is 16. The number of alkyl halides is 6. The molecule has 10 nitrogen and oxygen atoms in total. The Labute approximate surface area is 197 Å². The lowest BCUT2D eigenvalue weighted by Gasteiger charge is -2.14. The molecule has 35 heavy (non-hydrogen) atoms. The molecule has 0 N–H and O–H groups in total. The standard InChI is InChI=1S/C17H22F6O10S2/c1-13-2-3-14(30-8-4-28-6-10-32-34(24,25)16(18,19)20)15(12-13)31-9-5-29-7-11-33-35(26,27)17(21,22)23/h2-3,12H,4-11H2,1H3. The van der Waals surface area contributed by atoms with Crippen LogP contribution in [0, 0.1) is 6.92 Å². The highest BCUT2D eigenvalue weighted by atomic mass is 32.2.